The lowest BCUT2D eigenvalue weighted by atomic mass is 10.00. The maximum Gasteiger partial charge on any atom is 0.251 e. The number of fused-ring (bicyclic) bond motifs is 2. The van der Waals surface area contributed by atoms with E-state index in [1.54, 1.807) is 11.3 Å². The Labute approximate surface area is 167 Å². The van der Waals surface area contributed by atoms with Crippen LogP contribution in [0, 0.1) is 0 Å². The third-order valence-corrected chi connectivity index (χ3v) is 6.37. The van der Waals surface area contributed by atoms with Crippen LogP contribution < -0.4 is 20.3 Å². The number of amides is 1. The average molecular weight is 395 g/mol. The van der Waals surface area contributed by atoms with Crippen LogP contribution in [0.5, 0.6) is 5.75 Å². The maximum absolute atomic E-state index is 12.9. The Morgan fingerprint density at radius 3 is 2.96 bits per heavy atom. The van der Waals surface area contributed by atoms with Gasteiger partial charge in [-0.15, -0.1) is 0 Å². The molecule has 6 nitrogen and oxygen atoms in total. The minimum atomic E-state index is -0.0549. The molecule has 3 heterocycles. The summed E-state index contributed by atoms with van der Waals surface area (Å²) in [6.07, 6.45) is 0.776. The third-order valence-electron chi connectivity index (χ3n) is 5.29. The molecule has 2 N–H and O–H groups in total. The fraction of sp³-hybridized carbons (Fsp3) is 0.333. The van der Waals surface area contributed by atoms with Crippen LogP contribution in [0.4, 0.5) is 5.13 Å². The van der Waals surface area contributed by atoms with E-state index in [1.807, 2.05) is 42.5 Å². The molecule has 0 unspecified atom stereocenters. The number of hydrogen-bond acceptors (Lipinski definition) is 6. The molecule has 0 aliphatic carbocycles. The van der Waals surface area contributed by atoms with Gasteiger partial charge >= 0.3 is 0 Å². The zero-order valence-corrected chi connectivity index (χ0v) is 16.3. The standard InChI is InChI=1S/C21H22N4O2S/c26-20(23-16-7-12-27-18-4-2-1-3-15(16)18)14-5-6-17-19(13-14)28-21(24-17)25-10-8-22-9-11-25/h1-6,13,16,22H,7-12H2,(H,23,26)/t16-/m0/s1. The summed E-state index contributed by atoms with van der Waals surface area (Å²) in [5, 5.41) is 7.57. The minimum absolute atomic E-state index is 0.0222. The summed E-state index contributed by atoms with van der Waals surface area (Å²) in [5.41, 5.74) is 2.67. The molecule has 28 heavy (non-hydrogen) atoms. The lowest BCUT2D eigenvalue weighted by molar-refractivity contribution is 0.0925. The van der Waals surface area contributed by atoms with Gasteiger partial charge in [0.05, 0.1) is 22.9 Å². The Bertz CT molecular complexity index is 1010. The first-order valence-electron chi connectivity index (χ1n) is 9.67. The monoisotopic (exact) mass is 394 g/mol. The molecular weight excluding hydrogens is 372 g/mol. The van der Waals surface area contributed by atoms with Crippen molar-refractivity contribution >= 4 is 32.6 Å². The lowest BCUT2D eigenvalue weighted by Crippen LogP contribution is -2.43. The zero-order chi connectivity index (χ0) is 18.9. The van der Waals surface area contributed by atoms with E-state index >= 15 is 0 Å². The Balaban J connectivity index is 1.36. The maximum atomic E-state index is 12.9. The van der Waals surface area contributed by atoms with Crippen molar-refractivity contribution < 1.29 is 9.53 Å². The van der Waals surface area contributed by atoms with E-state index in [2.05, 4.69) is 15.5 Å². The predicted molar refractivity (Wildman–Crippen MR) is 111 cm³/mol. The number of nitrogens with zero attached hydrogens (tertiary/aromatic N) is 2. The molecule has 2 aliphatic rings. The third kappa shape index (κ3) is 3.31. The first-order chi connectivity index (χ1) is 13.8. The van der Waals surface area contributed by atoms with Gasteiger partial charge in [-0.1, -0.05) is 29.5 Å². The summed E-state index contributed by atoms with van der Waals surface area (Å²) < 4.78 is 6.74. The van der Waals surface area contributed by atoms with E-state index in [0.29, 0.717) is 12.2 Å². The van der Waals surface area contributed by atoms with Gasteiger partial charge in [0, 0.05) is 43.7 Å². The fourth-order valence-corrected chi connectivity index (χ4v) is 4.84. The van der Waals surface area contributed by atoms with E-state index in [0.717, 1.165) is 59.3 Å². The molecule has 1 aromatic heterocycles. The fourth-order valence-electron chi connectivity index (χ4n) is 3.78. The Hall–Kier alpha value is -2.64. The number of rotatable bonds is 3. The predicted octanol–water partition coefficient (Wildman–Crippen LogP) is 2.96. The number of anilines is 1. The van der Waals surface area contributed by atoms with Crippen LogP contribution in [0.3, 0.4) is 0 Å². The van der Waals surface area contributed by atoms with Crippen molar-refractivity contribution in [2.45, 2.75) is 12.5 Å². The van der Waals surface area contributed by atoms with Gasteiger partial charge in [0.1, 0.15) is 5.75 Å². The number of aromatic nitrogens is 1. The minimum Gasteiger partial charge on any atom is -0.493 e. The molecule has 1 amide bonds. The van der Waals surface area contributed by atoms with Gasteiger partial charge in [0.25, 0.3) is 5.91 Å². The number of hydrogen-bond donors (Lipinski definition) is 2. The number of benzene rings is 2. The Morgan fingerprint density at radius 2 is 2.07 bits per heavy atom. The smallest absolute Gasteiger partial charge is 0.251 e. The number of para-hydroxylation sites is 1. The number of carbonyl (C=O) groups excluding carboxylic acids is 1. The number of piperazine rings is 1. The zero-order valence-electron chi connectivity index (χ0n) is 15.5. The van der Waals surface area contributed by atoms with E-state index in [4.69, 9.17) is 9.72 Å². The topological polar surface area (TPSA) is 66.5 Å². The van der Waals surface area contributed by atoms with Crippen molar-refractivity contribution in [3.05, 3.63) is 53.6 Å². The quantitative estimate of drug-likeness (QED) is 0.715. The van der Waals surface area contributed by atoms with Gasteiger partial charge in [-0.3, -0.25) is 4.79 Å². The van der Waals surface area contributed by atoms with Gasteiger partial charge < -0.3 is 20.3 Å². The largest absolute Gasteiger partial charge is 0.493 e. The summed E-state index contributed by atoms with van der Waals surface area (Å²) in [6.45, 7) is 4.52. The van der Waals surface area contributed by atoms with Crippen molar-refractivity contribution in [1.82, 2.24) is 15.6 Å². The molecule has 144 valence electrons. The van der Waals surface area contributed by atoms with Crippen LogP contribution in [-0.4, -0.2) is 43.7 Å². The second-order valence-electron chi connectivity index (χ2n) is 7.12. The summed E-state index contributed by atoms with van der Waals surface area (Å²) in [5.74, 6) is 0.804. The van der Waals surface area contributed by atoms with Crippen molar-refractivity contribution in [2.24, 2.45) is 0 Å². The molecule has 7 heteroatoms. The van der Waals surface area contributed by atoms with Crippen molar-refractivity contribution in [2.75, 3.05) is 37.7 Å². The average Bonchev–Trinajstić information content (AvgIpc) is 3.18. The van der Waals surface area contributed by atoms with Crippen LogP contribution >= 0.6 is 11.3 Å². The second kappa shape index (κ2) is 7.41. The second-order valence-corrected chi connectivity index (χ2v) is 8.13. The molecule has 2 aromatic carbocycles. The molecule has 0 bridgehead atoms. The highest BCUT2D eigenvalue weighted by atomic mass is 32.1. The van der Waals surface area contributed by atoms with E-state index in [1.165, 1.54) is 0 Å². The first-order valence-corrected chi connectivity index (χ1v) is 10.5. The van der Waals surface area contributed by atoms with E-state index < -0.39 is 0 Å². The lowest BCUT2D eigenvalue weighted by Gasteiger charge is -2.26. The highest BCUT2D eigenvalue weighted by Gasteiger charge is 2.23. The molecule has 0 radical (unpaired) electrons. The highest BCUT2D eigenvalue weighted by molar-refractivity contribution is 7.22. The molecule has 3 aromatic rings. The molecule has 0 spiro atoms. The van der Waals surface area contributed by atoms with Crippen molar-refractivity contribution in [3.8, 4) is 5.75 Å². The Morgan fingerprint density at radius 1 is 1.21 bits per heavy atom. The molecule has 2 aliphatic heterocycles. The van der Waals surface area contributed by atoms with Gasteiger partial charge in [-0.2, -0.15) is 0 Å². The Kier molecular flexibility index (Phi) is 4.62. The van der Waals surface area contributed by atoms with Gasteiger partial charge in [0.15, 0.2) is 5.13 Å². The van der Waals surface area contributed by atoms with Crippen LogP contribution in [0.15, 0.2) is 42.5 Å². The number of carbonyl (C=O) groups is 1. The van der Waals surface area contributed by atoms with Crippen molar-refractivity contribution in [1.29, 1.82) is 0 Å². The number of ether oxygens (including phenoxy) is 1. The molecular formula is C21H22N4O2S. The highest BCUT2D eigenvalue weighted by Crippen LogP contribution is 2.33. The summed E-state index contributed by atoms with van der Waals surface area (Å²) in [7, 11) is 0. The number of nitrogens with one attached hydrogen (secondary N) is 2. The molecule has 5 rings (SSSR count). The molecule has 0 saturated carbocycles. The summed E-state index contributed by atoms with van der Waals surface area (Å²) >= 11 is 1.66. The summed E-state index contributed by atoms with van der Waals surface area (Å²) in [6, 6.07) is 13.7. The van der Waals surface area contributed by atoms with Crippen LogP contribution in [0.2, 0.25) is 0 Å². The summed E-state index contributed by atoms with van der Waals surface area (Å²) in [4.78, 5) is 19.9. The van der Waals surface area contributed by atoms with Gasteiger partial charge in [-0.05, 0) is 24.3 Å². The molecule has 1 saturated heterocycles. The molecule has 1 atom stereocenters. The van der Waals surface area contributed by atoms with E-state index in [-0.39, 0.29) is 11.9 Å². The normalized spacial score (nSPS) is 19.1. The van der Waals surface area contributed by atoms with Crippen molar-refractivity contribution in [3.63, 3.8) is 0 Å². The van der Waals surface area contributed by atoms with Gasteiger partial charge in [0.2, 0.25) is 0 Å². The van der Waals surface area contributed by atoms with Gasteiger partial charge in [-0.25, -0.2) is 4.98 Å². The van der Waals surface area contributed by atoms with Crippen LogP contribution in [0.25, 0.3) is 10.2 Å². The van der Waals surface area contributed by atoms with Crippen LogP contribution in [-0.2, 0) is 0 Å². The SMILES string of the molecule is O=C(N[C@H]1CCOc2ccccc21)c1ccc2nc(N3CCNCC3)sc2c1. The number of thiazole rings is 1. The van der Waals surface area contributed by atoms with E-state index in [9.17, 15) is 4.79 Å². The molecule has 1 fully saturated rings. The van der Waals surface area contributed by atoms with Crippen LogP contribution in [0.1, 0.15) is 28.4 Å². The first kappa shape index (κ1) is 17.5.